The minimum atomic E-state index is -0.525. The number of thioether (sulfide) groups is 1. The normalized spacial score (nSPS) is 11.9. The number of aromatic nitrogens is 2. The average molecular weight is 496 g/mol. The van der Waals surface area contributed by atoms with Crippen molar-refractivity contribution in [1.82, 2.24) is 9.55 Å². The summed E-state index contributed by atoms with van der Waals surface area (Å²) in [5, 5.41) is 7.30. The Hall–Kier alpha value is -3.01. The molecule has 33 heavy (non-hydrogen) atoms. The fraction of sp³-hybridized carbons (Fsp3) is 0.167. The highest BCUT2D eigenvalue weighted by Crippen LogP contribution is 2.35. The summed E-state index contributed by atoms with van der Waals surface area (Å²) in [4.78, 5) is 44.2. The van der Waals surface area contributed by atoms with Crippen molar-refractivity contribution in [3.05, 3.63) is 75.7 Å². The highest BCUT2D eigenvalue weighted by molar-refractivity contribution is 8.00. The van der Waals surface area contributed by atoms with Crippen LogP contribution in [0.2, 0.25) is 0 Å². The van der Waals surface area contributed by atoms with Gasteiger partial charge in [-0.05, 0) is 37.4 Å². The van der Waals surface area contributed by atoms with E-state index in [0.717, 1.165) is 10.4 Å². The molecule has 3 heterocycles. The molecule has 0 spiro atoms. The minimum absolute atomic E-state index is 0.0719. The van der Waals surface area contributed by atoms with E-state index in [2.05, 4.69) is 11.9 Å². The summed E-state index contributed by atoms with van der Waals surface area (Å²) in [5.74, 6) is -0.317. The molecule has 0 aliphatic heterocycles. The molecule has 4 rings (SSSR count). The van der Waals surface area contributed by atoms with E-state index in [-0.39, 0.29) is 17.2 Å². The van der Waals surface area contributed by atoms with Gasteiger partial charge in [0.15, 0.2) is 10.9 Å². The Balaban J connectivity index is 1.63. The van der Waals surface area contributed by atoms with E-state index in [1.807, 2.05) is 22.9 Å². The zero-order valence-electron chi connectivity index (χ0n) is 18.0. The number of rotatable bonds is 8. The fourth-order valence-electron chi connectivity index (χ4n) is 3.27. The lowest BCUT2D eigenvalue weighted by atomic mass is 10.1. The molecule has 0 aliphatic rings. The number of carbonyl (C=O) groups excluding carboxylic acids is 2. The van der Waals surface area contributed by atoms with Crippen molar-refractivity contribution in [2.75, 3.05) is 5.32 Å². The van der Waals surface area contributed by atoms with E-state index in [0.29, 0.717) is 33.2 Å². The lowest BCUT2D eigenvalue weighted by molar-refractivity contribution is -0.115. The number of hydrogen-bond acceptors (Lipinski definition) is 7. The van der Waals surface area contributed by atoms with Gasteiger partial charge < -0.3 is 5.32 Å². The summed E-state index contributed by atoms with van der Waals surface area (Å²) in [7, 11) is 0. The third kappa shape index (κ3) is 4.85. The highest BCUT2D eigenvalue weighted by atomic mass is 32.2. The molecule has 0 saturated carbocycles. The Kier molecular flexibility index (Phi) is 6.92. The van der Waals surface area contributed by atoms with E-state index < -0.39 is 5.25 Å². The van der Waals surface area contributed by atoms with Crippen LogP contribution in [-0.2, 0) is 11.3 Å². The number of carbonyl (C=O) groups is 2. The second-order valence-corrected chi connectivity index (χ2v) is 10.4. The number of ketones is 1. The van der Waals surface area contributed by atoms with Crippen molar-refractivity contribution in [2.45, 2.75) is 30.8 Å². The lowest BCUT2D eigenvalue weighted by Gasteiger charge is -2.15. The fourth-order valence-corrected chi connectivity index (χ4v) is 5.99. The van der Waals surface area contributed by atoms with E-state index in [1.165, 1.54) is 30.0 Å². The molecular formula is C24H21N3O3S3. The maximum absolute atomic E-state index is 13.4. The first-order valence-electron chi connectivity index (χ1n) is 10.1. The van der Waals surface area contributed by atoms with Gasteiger partial charge in [0.05, 0.1) is 10.6 Å². The lowest BCUT2D eigenvalue weighted by Crippen LogP contribution is -2.26. The SMILES string of the molecule is C=CCn1c(S[C@H](C)C(=O)Nc2cccc(C(C)=O)c2)nc2scc(-c3cccs3)c2c1=O. The maximum atomic E-state index is 13.4. The van der Waals surface area contributed by atoms with E-state index >= 15 is 0 Å². The number of nitrogens with zero attached hydrogens (tertiary/aromatic N) is 2. The Bertz CT molecular complexity index is 1400. The first kappa shape index (κ1) is 23.2. The summed E-state index contributed by atoms with van der Waals surface area (Å²) < 4.78 is 1.56. The number of Topliss-reactive ketones (excluding diaryl/α,β-unsaturated/α-hetero) is 1. The summed E-state index contributed by atoms with van der Waals surface area (Å²) in [6.07, 6.45) is 1.65. The van der Waals surface area contributed by atoms with Gasteiger partial charge in [-0.2, -0.15) is 0 Å². The van der Waals surface area contributed by atoms with Crippen molar-refractivity contribution in [3.63, 3.8) is 0 Å². The second kappa shape index (κ2) is 9.86. The number of fused-ring (bicyclic) bond motifs is 1. The van der Waals surface area contributed by atoms with E-state index in [4.69, 9.17) is 4.98 Å². The van der Waals surface area contributed by atoms with Crippen molar-refractivity contribution in [3.8, 4) is 10.4 Å². The van der Waals surface area contributed by atoms with Gasteiger partial charge in [-0.25, -0.2) is 4.98 Å². The third-order valence-corrected chi connectivity index (χ3v) is 7.81. The summed E-state index contributed by atoms with van der Waals surface area (Å²) in [6, 6.07) is 10.7. The molecule has 1 amide bonds. The molecule has 0 saturated heterocycles. The van der Waals surface area contributed by atoms with Crippen LogP contribution in [0.25, 0.3) is 20.7 Å². The number of nitrogens with one attached hydrogen (secondary N) is 1. The second-order valence-electron chi connectivity index (χ2n) is 7.29. The molecule has 1 aromatic carbocycles. The Morgan fingerprint density at radius 1 is 1.27 bits per heavy atom. The van der Waals surface area contributed by atoms with Crippen LogP contribution in [0.4, 0.5) is 5.69 Å². The smallest absolute Gasteiger partial charge is 0.263 e. The zero-order chi connectivity index (χ0) is 23.5. The van der Waals surface area contributed by atoms with Crippen LogP contribution >= 0.6 is 34.4 Å². The van der Waals surface area contributed by atoms with Crippen LogP contribution < -0.4 is 10.9 Å². The van der Waals surface area contributed by atoms with Gasteiger partial charge in [-0.15, -0.1) is 29.3 Å². The van der Waals surface area contributed by atoms with Gasteiger partial charge >= 0.3 is 0 Å². The molecule has 6 nitrogen and oxygen atoms in total. The summed E-state index contributed by atoms with van der Waals surface area (Å²) in [5.41, 5.74) is 1.81. The molecule has 0 aliphatic carbocycles. The van der Waals surface area contributed by atoms with E-state index in [1.54, 1.807) is 53.2 Å². The van der Waals surface area contributed by atoms with Gasteiger partial charge in [0.2, 0.25) is 5.91 Å². The third-order valence-electron chi connectivity index (χ3n) is 4.95. The van der Waals surface area contributed by atoms with Crippen molar-refractivity contribution in [1.29, 1.82) is 0 Å². The minimum Gasteiger partial charge on any atom is -0.325 e. The Morgan fingerprint density at radius 2 is 2.09 bits per heavy atom. The first-order valence-corrected chi connectivity index (χ1v) is 12.8. The van der Waals surface area contributed by atoms with Crippen LogP contribution in [-0.4, -0.2) is 26.5 Å². The monoisotopic (exact) mass is 495 g/mol. The largest absolute Gasteiger partial charge is 0.325 e. The zero-order valence-corrected chi connectivity index (χ0v) is 20.5. The molecule has 4 aromatic rings. The highest BCUT2D eigenvalue weighted by Gasteiger charge is 2.22. The van der Waals surface area contributed by atoms with Gasteiger partial charge in [0, 0.05) is 33.6 Å². The predicted molar refractivity (Wildman–Crippen MR) is 138 cm³/mol. The molecule has 0 radical (unpaired) electrons. The quantitative estimate of drug-likeness (QED) is 0.147. The molecule has 9 heteroatoms. The Morgan fingerprint density at radius 3 is 2.79 bits per heavy atom. The number of allylic oxidation sites excluding steroid dienone is 1. The number of anilines is 1. The maximum Gasteiger partial charge on any atom is 0.263 e. The number of amides is 1. The van der Waals surface area contributed by atoms with Crippen LogP contribution in [0.5, 0.6) is 0 Å². The standard InChI is InChI=1S/C24H21N3O3S3/c1-4-10-27-23(30)20-18(19-9-6-11-31-19)13-32-22(20)26-24(27)33-15(3)21(29)25-17-8-5-7-16(12-17)14(2)28/h4-9,11-13,15H,1,10H2,2-3H3,(H,25,29)/t15-/m1/s1. The molecule has 3 aromatic heterocycles. The molecule has 168 valence electrons. The number of hydrogen-bond donors (Lipinski definition) is 1. The molecule has 0 unspecified atom stereocenters. The average Bonchev–Trinajstić information content (AvgIpc) is 3.46. The summed E-state index contributed by atoms with van der Waals surface area (Å²) >= 11 is 4.22. The Labute approximate surface area is 203 Å². The molecule has 0 fully saturated rings. The van der Waals surface area contributed by atoms with Crippen LogP contribution in [0, 0.1) is 0 Å². The number of thiophene rings is 2. The molecule has 0 bridgehead atoms. The van der Waals surface area contributed by atoms with Crippen molar-refractivity contribution in [2.24, 2.45) is 0 Å². The van der Waals surface area contributed by atoms with Crippen LogP contribution in [0.15, 0.2) is 69.8 Å². The molecular weight excluding hydrogens is 474 g/mol. The van der Waals surface area contributed by atoms with Gasteiger partial charge in [-0.1, -0.05) is 36.0 Å². The molecule has 1 atom stereocenters. The van der Waals surface area contributed by atoms with Crippen molar-refractivity contribution >= 4 is 62.0 Å². The van der Waals surface area contributed by atoms with E-state index in [9.17, 15) is 14.4 Å². The van der Waals surface area contributed by atoms with Gasteiger partial charge in [-0.3, -0.25) is 19.0 Å². The topological polar surface area (TPSA) is 81.1 Å². The van der Waals surface area contributed by atoms with Gasteiger partial charge in [0.25, 0.3) is 5.56 Å². The summed E-state index contributed by atoms with van der Waals surface area (Å²) in [6.45, 7) is 7.30. The van der Waals surface area contributed by atoms with Crippen molar-refractivity contribution < 1.29 is 9.59 Å². The van der Waals surface area contributed by atoms with Crippen LogP contribution in [0.1, 0.15) is 24.2 Å². The number of benzene rings is 1. The predicted octanol–water partition coefficient (Wildman–Crippen LogP) is 5.69. The van der Waals surface area contributed by atoms with Gasteiger partial charge in [0.1, 0.15) is 4.83 Å². The van der Waals surface area contributed by atoms with Crippen LogP contribution in [0.3, 0.4) is 0 Å². The first-order chi connectivity index (χ1) is 15.9. The molecule has 1 N–H and O–H groups in total.